The highest BCUT2D eigenvalue weighted by Gasteiger charge is 2.34. The van der Waals surface area contributed by atoms with E-state index in [-0.39, 0.29) is 42.2 Å². The number of nitrogens with two attached hydrogens (primary N) is 1. The molecule has 4 fully saturated rings. The Morgan fingerprint density at radius 3 is 1.55 bits per heavy atom. The Labute approximate surface area is 321 Å². The zero-order valence-electron chi connectivity index (χ0n) is 30.6. The lowest BCUT2D eigenvalue weighted by atomic mass is 9.89. The lowest BCUT2D eigenvalue weighted by molar-refractivity contribution is -0.106. The van der Waals surface area contributed by atoms with E-state index in [1.54, 1.807) is 25.1 Å². The molecule has 2 amide bonds. The molecule has 292 valence electrons. The third kappa shape index (κ3) is 14.1. The molecule has 12 nitrogen and oxygen atoms in total. The zero-order chi connectivity index (χ0) is 39.3. The summed E-state index contributed by atoms with van der Waals surface area (Å²) in [5, 5.41) is 9.55. The summed E-state index contributed by atoms with van der Waals surface area (Å²) in [5.74, 6) is 2.84. The van der Waals surface area contributed by atoms with Crippen LogP contribution in [0.3, 0.4) is 0 Å². The van der Waals surface area contributed by atoms with Gasteiger partial charge in [0, 0.05) is 6.54 Å². The van der Waals surface area contributed by atoms with Crippen LogP contribution in [0, 0.1) is 11.6 Å². The molecule has 4 heterocycles. The molecule has 6 rings (SSSR count). The summed E-state index contributed by atoms with van der Waals surface area (Å²) in [6.07, 6.45) is 3.75. The Hall–Kier alpha value is -3.96. The van der Waals surface area contributed by atoms with Crippen molar-refractivity contribution in [3.8, 4) is 0 Å². The van der Waals surface area contributed by atoms with Gasteiger partial charge in [-0.1, -0.05) is 36.6 Å². The Balaban J connectivity index is 0.000000309. The number of nitrogens with one attached hydrogen (secondary N) is 3. The van der Waals surface area contributed by atoms with Crippen LogP contribution in [0.1, 0.15) is 69.4 Å². The zero-order valence-corrected chi connectivity index (χ0v) is 32.2. The van der Waals surface area contributed by atoms with Crippen molar-refractivity contribution in [3.05, 3.63) is 59.2 Å². The normalized spacial score (nSPS) is 19.7. The fourth-order valence-electron chi connectivity index (χ4n) is 6.25. The molecule has 0 saturated carbocycles. The average molecular weight is 779 g/mol. The number of hydrogen-bond acceptors (Lipinski definition) is 11. The molecule has 4 aliphatic rings. The van der Waals surface area contributed by atoms with Crippen molar-refractivity contribution in [2.75, 3.05) is 62.2 Å². The van der Waals surface area contributed by atoms with Gasteiger partial charge in [0.05, 0.1) is 36.0 Å². The second-order valence-electron chi connectivity index (χ2n) is 12.3. The minimum atomic E-state index is -0.459. The largest absolute Gasteiger partial charge is 0.443 e. The predicted molar refractivity (Wildman–Crippen MR) is 211 cm³/mol. The summed E-state index contributed by atoms with van der Waals surface area (Å²) in [6, 6.07) is 10.1. The SMILES string of the molecule is C=S.CC(=S)NC[C@H]1CN(c2ccc(C3CCNCC3)c(F)c2)C(=O)O1.CC=O.CC=O.NC[C@H]1CN(c2ccc(C3CCNCC3)c(F)c2)C(=O)O1. The molecular weight excluding hydrogens is 727 g/mol. The second kappa shape index (κ2) is 24.4. The highest BCUT2D eigenvalue weighted by Crippen LogP contribution is 2.32. The van der Waals surface area contributed by atoms with Crippen LogP contribution in [0.5, 0.6) is 0 Å². The van der Waals surface area contributed by atoms with Crippen molar-refractivity contribution in [2.45, 2.75) is 70.5 Å². The van der Waals surface area contributed by atoms with Crippen LogP contribution in [0.4, 0.5) is 29.7 Å². The molecule has 4 saturated heterocycles. The number of nitrogens with zero attached hydrogens (tertiary/aromatic N) is 2. The summed E-state index contributed by atoms with van der Waals surface area (Å²) >= 11 is 8.79. The van der Waals surface area contributed by atoms with Gasteiger partial charge in [0.2, 0.25) is 0 Å². The number of ether oxygens (including phenoxy) is 2. The van der Waals surface area contributed by atoms with E-state index in [1.165, 1.54) is 35.8 Å². The first-order chi connectivity index (χ1) is 25.6. The number of rotatable bonds is 7. The lowest BCUT2D eigenvalue weighted by Gasteiger charge is -2.24. The number of carbonyl (C=O) groups is 4. The van der Waals surface area contributed by atoms with Gasteiger partial charge in [-0.3, -0.25) is 9.80 Å². The van der Waals surface area contributed by atoms with Crippen LogP contribution in [-0.2, 0) is 19.1 Å². The fourth-order valence-corrected chi connectivity index (χ4v) is 6.33. The summed E-state index contributed by atoms with van der Waals surface area (Å²) in [7, 11) is 0. The van der Waals surface area contributed by atoms with Crippen molar-refractivity contribution >= 4 is 71.4 Å². The first-order valence-corrected chi connectivity index (χ1v) is 18.5. The van der Waals surface area contributed by atoms with Crippen molar-refractivity contribution in [1.29, 1.82) is 0 Å². The third-order valence-corrected chi connectivity index (χ3v) is 8.88. The number of halogens is 2. The van der Waals surface area contributed by atoms with E-state index < -0.39 is 12.2 Å². The van der Waals surface area contributed by atoms with E-state index >= 15 is 0 Å². The Kier molecular flexibility index (Phi) is 20.8. The fraction of sp³-hybridized carbons (Fsp3) is 0.514. The van der Waals surface area contributed by atoms with Crippen LogP contribution >= 0.6 is 24.4 Å². The number of carbonyl (C=O) groups excluding carboxylic acids is 4. The van der Waals surface area contributed by atoms with E-state index in [2.05, 4.69) is 34.0 Å². The average Bonchev–Trinajstić information content (AvgIpc) is 3.74. The Morgan fingerprint density at radius 2 is 1.21 bits per heavy atom. The molecule has 0 aliphatic carbocycles. The highest BCUT2D eigenvalue weighted by atomic mass is 32.1. The van der Waals surface area contributed by atoms with E-state index in [1.807, 2.05) is 6.07 Å². The summed E-state index contributed by atoms with van der Waals surface area (Å²) in [6.45, 7) is 9.84. The molecule has 0 unspecified atom stereocenters. The van der Waals surface area contributed by atoms with Gasteiger partial charge in [-0.25, -0.2) is 18.4 Å². The van der Waals surface area contributed by atoms with Crippen LogP contribution < -0.4 is 31.5 Å². The van der Waals surface area contributed by atoms with Crippen molar-refractivity contribution in [3.63, 3.8) is 0 Å². The van der Waals surface area contributed by atoms with Crippen LogP contribution in [0.15, 0.2) is 36.4 Å². The van der Waals surface area contributed by atoms with E-state index in [0.29, 0.717) is 36.0 Å². The minimum Gasteiger partial charge on any atom is -0.443 e. The standard InChI is InChI=1S/C17H22FN3O2S.C15H20FN3O2.2C2H4O.CH2S/c1-11(24)20-9-14-10-21(17(22)23-14)13-2-3-15(16(18)8-13)12-4-6-19-7-5-12;16-14-7-11(19-9-12(8-17)21-15(19)20)1-2-13(14)10-3-5-18-6-4-10;2*1-2-3;1-2/h2-3,8,12,14,19H,4-7,9-10H2,1H3,(H,20,24);1-2,7,10,12,18H,3-6,8-9,17H2;2*2H,1H3;1H2/t14-;12-;;;/m00.../s1. The number of amides is 2. The topological polar surface area (TPSA) is 155 Å². The maximum absolute atomic E-state index is 14.5. The van der Waals surface area contributed by atoms with Crippen molar-refractivity contribution < 1.29 is 37.4 Å². The molecule has 0 radical (unpaired) electrons. The molecule has 2 aromatic carbocycles. The first-order valence-electron chi connectivity index (χ1n) is 17.6. The van der Waals surface area contributed by atoms with Gasteiger partial charge in [-0.05, 0) is 126 Å². The maximum Gasteiger partial charge on any atom is 0.414 e. The van der Waals surface area contributed by atoms with E-state index in [0.717, 1.165) is 75.6 Å². The van der Waals surface area contributed by atoms with Crippen LogP contribution in [0.2, 0.25) is 0 Å². The minimum absolute atomic E-state index is 0.244. The first kappa shape index (κ1) is 45.2. The van der Waals surface area contributed by atoms with E-state index in [9.17, 15) is 18.4 Å². The molecule has 0 spiro atoms. The van der Waals surface area contributed by atoms with Crippen molar-refractivity contribution in [1.82, 2.24) is 16.0 Å². The molecule has 53 heavy (non-hydrogen) atoms. The van der Waals surface area contributed by atoms with Gasteiger partial charge >= 0.3 is 12.2 Å². The molecule has 0 bridgehead atoms. The molecular formula is C37H52F2N6O6S2. The summed E-state index contributed by atoms with van der Waals surface area (Å²) in [5.41, 5.74) is 8.05. The van der Waals surface area contributed by atoms with Crippen LogP contribution in [0.25, 0.3) is 0 Å². The summed E-state index contributed by atoms with van der Waals surface area (Å²) < 4.78 is 39.3. The number of anilines is 2. The van der Waals surface area contributed by atoms with Gasteiger partial charge in [-0.2, -0.15) is 0 Å². The quantitative estimate of drug-likeness (QED) is 0.217. The van der Waals surface area contributed by atoms with Gasteiger partial charge in [0.15, 0.2) is 0 Å². The van der Waals surface area contributed by atoms with Crippen LogP contribution in [-0.4, -0.2) is 100 Å². The highest BCUT2D eigenvalue weighted by molar-refractivity contribution is 7.80. The van der Waals surface area contributed by atoms with Gasteiger partial charge in [0.25, 0.3) is 0 Å². The molecule has 16 heteroatoms. The summed E-state index contributed by atoms with van der Waals surface area (Å²) in [4.78, 5) is 45.0. The number of thiocarbonyl (C=S) groups is 2. The molecule has 2 aromatic rings. The monoisotopic (exact) mass is 778 g/mol. The Morgan fingerprint density at radius 1 is 0.830 bits per heavy atom. The number of cyclic esters (lactones) is 2. The maximum atomic E-state index is 14.5. The molecule has 2 atom stereocenters. The van der Waals surface area contributed by atoms with Gasteiger partial charge in [0.1, 0.15) is 36.4 Å². The number of hydrogen-bond donors (Lipinski definition) is 4. The third-order valence-electron chi connectivity index (χ3n) is 8.74. The lowest BCUT2D eigenvalue weighted by Crippen LogP contribution is -2.32. The molecule has 0 aromatic heterocycles. The van der Waals surface area contributed by atoms with E-state index in [4.69, 9.17) is 37.0 Å². The second-order valence-corrected chi connectivity index (χ2v) is 12.9. The number of aldehydes is 2. The smallest absolute Gasteiger partial charge is 0.414 e. The molecule has 4 aliphatic heterocycles. The molecule has 5 N–H and O–H groups in total. The van der Waals surface area contributed by atoms with Crippen molar-refractivity contribution in [2.24, 2.45) is 5.73 Å². The van der Waals surface area contributed by atoms with Gasteiger partial charge < -0.3 is 40.7 Å². The van der Waals surface area contributed by atoms with Gasteiger partial charge in [-0.15, -0.1) is 0 Å². The Bertz CT molecular complexity index is 1490. The number of benzene rings is 2. The number of piperidine rings is 2. The predicted octanol–water partition coefficient (Wildman–Crippen LogP) is 5.16.